The molecule has 2 aliphatic rings. The number of carbonyl (C=O) groups excluding carboxylic acids is 1. The molecule has 1 heterocycles. The number of carbonyl (C=O) groups is 1. The Bertz CT molecular complexity index is 928. The van der Waals surface area contributed by atoms with Crippen molar-refractivity contribution < 1.29 is 17.9 Å². The fraction of sp³-hybridized carbons (Fsp3) is 0.316. The van der Waals surface area contributed by atoms with Gasteiger partial charge in [0.2, 0.25) is 0 Å². The van der Waals surface area contributed by atoms with Gasteiger partial charge in [-0.25, -0.2) is 0 Å². The second-order valence-electron chi connectivity index (χ2n) is 6.61. The maximum Gasteiger partial charge on any atom is 0.302 e. The van der Waals surface area contributed by atoms with Gasteiger partial charge in [-0.2, -0.15) is 13.1 Å². The van der Waals surface area contributed by atoms with Gasteiger partial charge in [-0.1, -0.05) is 30.3 Å². The highest BCUT2D eigenvalue weighted by atomic mass is 32.2. The molecule has 1 aliphatic heterocycles. The Balaban J connectivity index is 1.70. The first-order chi connectivity index (χ1) is 12.6. The SMILES string of the molecule is O=CC1CN(c2cc3c(cc2OCc2ccccc2)CCC3)S(=O)(=O)N1. The number of nitrogens with one attached hydrogen (secondary N) is 1. The van der Waals surface area contributed by atoms with E-state index in [9.17, 15) is 13.2 Å². The van der Waals surface area contributed by atoms with E-state index in [1.165, 1.54) is 9.87 Å². The third kappa shape index (κ3) is 3.20. The highest BCUT2D eigenvalue weighted by Crippen LogP contribution is 2.38. The Kier molecular flexibility index (Phi) is 4.42. The maximum absolute atomic E-state index is 12.5. The van der Waals surface area contributed by atoms with E-state index in [-0.39, 0.29) is 6.54 Å². The molecule has 0 spiro atoms. The van der Waals surface area contributed by atoms with Crippen LogP contribution >= 0.6 is 0 Å². The van der Waals surface area contributed by atoms with Crippen LogP contribution in [0, 0.1) is 0 Å². The third-order valence-electron chi connectivity index (χ3n) is 4.80. The van der Waals surface area contributed by atoms with Crippen LogP contribution in [0.15, 0.2) is 42.5 Å². The molecule has 1 saturated heterocycles. The molecular formula is C19H20N2O4S. The van der Waals surface area contributed by atoms with E-state index < -0.39 is 16.3 Å². The molecule has 0 saturated carbocycles. The Labute approximate surface area is 153 Å². The molecule has 1 N–H and O–H groups in total. The number of aryl methyl sites for hydroxylation is 2. The van der Waals surface area contributed by atoms with Crippen molar-refractivity contribution in [2.24, 2.45) is 0 Å². The summed E-state index contributed by atoms with van der Waals surface area (Å²) >= 11 is 0. The average molecular weight is 372 g/mol. The highest BCUT2D eigenvalue weighted by Gasteiger charge is 2.37. The maximum atomic E-state index is 12.5. The van der Waals surface area contributed by atoms with Crippen LogP contribution in [0.5, 0.6) is 5.75 Å². The Morgan fingerprint density at radius 3 is 2.58 bits per heavy atom. The molecule has 0 aromatic heterocycles. The van der Waals surface area contributed by atoms with Crippen molar-refractivity contribution in [3.8, 4) is 5.75 Å². The van der Waals surface area contributed by atoms with Crippen molar-refractivity contribution in [3.63, 3.8) is 0 Å². The van der Waals surface area contributed by atoms with E-state index in [1.54, 1.807) is 0 Å². The van der Waals surface area contributed by atoms with Crippen LogP contribution in [0.25, 0.3) is 0 Å². The Hall–Kier alpha value is -2.38. The number of rotatable bonds is 5. The first-order valence-electron chi connectivity index (χ1n) is 8.64. The van der Waals surface area contributed by atoms with E-state index in [4.69, 9.17) is 4.74 Å². The number of hydrogen-bond acceptors (Lipinski definition) is 4. The lowest BCUT2D eigenvalue weighted by Crippen LogP contribution is -2.30. The predicted molar refractivity (Wildman–Crippen MR) is 98.5 cm³/mol. The van der Waals surface area contributed by atoms with Gasteiger partial charge in [0, 0.05) is 0 Å². The molecule has 0 radical (unpaired) electrons. The van der Waals surface area contributed by atoms with Gasteiger partial charge in [0.1, 0.15) is 18.6 Å². The van der Waals surface area contributed by atoms with E-state index in [2.05, 4.69) is 4.72 Å². The van der Waals surface area contributed by atoms with Crippen molar-refractivity contribution in [2.45, 2.75) is 31.9 Å². The fourth-order valence-electron chi connectivity index (χ4n) is 3.50. The summed E-state index contributed by atoms with van der Waals surface area (Å²) in [5.74, 6) is 0.534. The average Bonchev–Trinajstić information content (AvgIpc) is 3.22. The lowest BCUT2D eigenvalue weighted by Gasteiger charge is -2.21. The minimum Gasteiger partial charge on any atom is -0.487 e. The monoisotopic (exact) mass is 372 g/mol. The standard InChI is InChI=1S/C19H20N2O4S/c22-12-17-11-21(26(23,24)20-17)18-9-15-7-4-8-16(15)10-19(18)25-13-14-5-2-1-3-6-14/h1-3,5-6,9-10,12,17,20H,4,7-8,11,13H2. The topological polar surface area (TPSA) is 75.7 Å². The van der Waals surface area contributed by atoms with E-state index in [0.717, 1.165) is 30.4 Å². The Morgan fingerprint density at radius 2 is 1.88 bits per heavy atom. The van der Waals surface area contributed by atoms with Gasteiger partial charge in [-0.3, -0.25) is 4.31 Å². The molecule has 0 bridgehead atoms. The van der Waals surface area contributed by atoms with Crippen LogP contribution < -0.4 is 13.8 Å². The molecule has 2 aromatic carbocycles. The summed E-state index contributed by atoms with van der Waals surface area (Å²) in [7, 11) is -3.75. The van der Waals surface area contributed by atoms with E-state index in [0.29, 0.717) is 24.3 Å². The minimum absolute atomic E-state index is 0.0757. The summed E-state index contributed by atoms with van der Waals surface area (Å²) in [5, 5.41) is 0. The second kappa shape index (κ2) is 6.74. The first-order valence-corrected chi connectivity index (χ1v) is 10.1. The Morgan fingerprint density at radius 1 is 1.15 bits per heavy atom. The second-order valence-corrected chi connectivity index (χ2v) is 8.24. The van der Waals surface area contributed by atoms with E-state index in [1.807, 2.05) is 42.5 Å². The molecule has 1 atom stereocenters. The van der Waals surface area contributed by atoms with Crippen molar-refractivity contribution in [1.82, 2.24) is 4.72 Å². The van der Waals surface area contributed by atoms with Crippen molar-refractivity contribution in [2.75, 3.05) is 10.8 Å². The van der Waals surface area contributed by atoms with Gasteiger partial charge < -0.3 is 9.53 Å². The number of hydrogen-bond donors (Lipinski definition) is 1. The number of nitrogens with zero attached hydrogens (tertiary/aromatic N) is 1. The quantitative estimate of drug-likeness (QED) is 0.815. The summed E-state index contributed by atoms with van der Waals surface area (Å²) in [5.41, 5.74) is 3.86. The smallest absolute Gasteiger partial charge is 0.302 e. The van der Waals surface area contributed by atoms with Crippen molar-refractivity contribution in [1.29, 1.82) is 0 Å². The number of benzene rings is 2. The lowest BCUT2D eigenvalue weighted by molar-refractivity contribution is -0.108. The van der Waals surface area contributed by atoms with Crippen molar-refractivity contribution >= 4 is 22.2 Å². The van der Waals surface area contributed by atoms with Gasteiger partial charge >= 0.3 is 10.2 Å². The van der Waals surface area contributed by atoms with Crippen molar-refractivity contribution in [3.05, 3.63) is 59.2 Å². The molecule has 1 fully saturated rings. The van der Waals surface area contributed by atoms with Gasteiger partial charge in [0.05, 0.1) is 18.3 Å². The van der Waals surface area contributed by atoms with E-state index >= 15 is 0 Å². The highest BCUT2D eigenvalue weighted by molar-refractivity contribution is 7.91. The summed E-state index contributed by atoms with van der Waals surface area (Å²) in [6, 6.07) is 12.8. The first kappa shape index (κ1) is 17.1. The molecule has 2 aromatic rings. The van der Waals surface area contributed by atoms with Crippen LogP contribution in [0.3, 0.4) is 0 Å². The molecule has 136 valence electrons. The van der Waals surface area contributed by atoms with Crippen LogP contribution in [-0.4, -0.2) is 27.3 Å². The molecule has 4 rings (SSSR count). The zero-order chi connectivity index (χ0) is 18.1. The molecule has 0 amide bonds. The molecule has 7 heteroatoms. The zero-order valence-electron chi connectivity index (χ0n) is 14.2. The number of ether oxygens (including phenoxy) is 1. The van der Waals surface area contributed by atoms with Crippen LogP contribution in [0.4, 0.5) is 5.69 Å². The molecule has 26 heavy (non-hydrogen) atoms. The molecule has 1 unspecified atom stereocenters. The number of fused-ring (bicyclic) bond motifs is 1. The predicted octanol–water partition coefficient (Wildman–Crippen LogP) is 1.98. The summed E-state index contributed by atoms with van der Waals surface area (Å²) < 4.78 is 34.5. The van der Waals surface area contributed by atoms with Crippen LogP contribution in [-0.2, 0) is 34.5 Å². The normalized spacial score (nSPS) is 20.8. The van der Waals surface area contributed by atoms with Gasteiger partial charge in [0.25, 0.3) is 0 Å². The number of aldehydes is 1. The molecular weight excluding hydrogens is 352 g/mol. The van der Waals surface area contributed by atoms with Crippen LogP contribution in [0.1, 0.15) is 23.1 Å². The van der Waals surface area contributed by atoms with Gasteiger partial charge in [-0.05, 0) is 48.1 Å². The summed E-state index contributed by atoms with van der Waals surface area (Å²) in [6.07, 6.45) is 3.58. The summed E-state index contributed by atoms with van der Waals surface area (Å²) in [4.78, 5) is 11.1. The lowest BCUT2D eigenvalue weighted by atomic mass is 10.1. The molecule has 6 nitrogen and oxygen atoms in total. The number of anilines is 1. The van der Waals surface area contributed by atoms with Gasteiger partial charge in [0.15, 0.2) is 0 Å². The fourth-order valence-corrected chi connectivity index (χ4v) is 4.90. The molecule has 1 aliphatic carbocycles. The summed E-state index contributed by atoms with van der Waals surface area (Å²) in [6.45, 7) is 0.428. The minimum atomic E-state index is -3.75. The third-order valence-corrected chi connectivity index (χ3v) is 6.32. The van der Waals surface area contributed by atoms with Gasteiger partial charge in [-0.15, -0.1) is 0 Å². The largest absolute Gasteiger partial charge is 0.487 e. The van der Waals surface area contributed by atoms with Crippen LogP contribution in [0.2, 0.25) is 0 Å². The zero-order valence-corrected chi connectivity index (χ0v) is 15.0.